The van der Waals surface area contributed by atoms with Crippen molar-refractivity contribution in [2.75, 3.05) is 32.7 Å². The van der Waals surface area contributed by atoms with Gasteiger partial charge in [0.25, 0.3) is 0 Å². The highest BCUT2D eigenvalue weighted by molar-refractivity contribution is 5.85. The van der Waals surface area contributed by atoms with Gasteiger partial charge in [-0.05, 0) is 24.9 Å². The number of piperazine rings is 1. The number of hydrogen-bond donors (Lipinski definition) is 1. The summed E-state index contributed by atoms with van der Waals surface area (Å²) in [5, 5.41) is 3.36. The summed E-state index contributed by atoms with van der Waals surface area (Å²) in [6, 6.07) is 10.6. The molecule has 0 aromatic heterocycles. The number of carbonyl (C=O) groups excluding carboxylic acids is 1. The topological polar surface area (TPSA) is 35.6 Å². The molecule has 2 saturated heterocycles. The third kappa shape index (κ3) is 5.64. The molecule has 23 heavy (non-hydrogen) atoms. The maximum atomic E-state index is 12.5. The molecule has 1 N–H and O–H groups in total. The Morgan fingerprint density at radius 2 is 1.74 bits per heavy atom. The Hall–Kier alpha value is -0.810. The lowest BCUT2D eigenvalue weighted by Gasteiger charge is -2.37. The molecule has 0 aliphatic carbocycles. The van der Waals surface area contributed by atoms with Gasteiger partial charge in [0.1, 0.15) is 0 Å². The van der Waals surface area contributed by atoms with Crippen molar-refractivity contribution < 1.29 is 4.79 Å². The summed E-state index contributed by atoms with van der Waals surface area (Å²) in [4.78, 5) is 16.9. The number of nitrogens with zero attached hydrogens (tertiary/aromatic N) is 2. The molecule has 1 unspecified atom stereocenters. The summed E-state index contributed by atoms with van der Waals surface area (Å²) in [6.45, 7) is 5.67. The molecule has 1 atom stereocenters. The first-order valence-corrected chi connectivity index (χ1v) is 8.11. The van der Waals surface area contributed by atoms with Crippen LogP contribution in [-0.2, 0) is 11.3 Å². The number of piperidine rings is 1. The van der Waals surface area contributed by atoms with Crippen LogP contribution in [0.4, 0.5) is 0 Å². The first-order chi connectivity index (χ1) is 10.3. The smallest absolute Gasteiger partial charge is 0.239 e. The number of carbonyl (C=O) groups is 1. The molecule has 2 aliphatic rings. The van der Waals surface area contributed by atoms with Gasteiger partial charge in [0.2, 0.25) is 5.91 Å². The molecule has 0 spiro atoms. The monoisotopic (exact) mass is 359 g/mol. The highest BCUT2D eigenvalue weighted by Gasteiger charge is 2.28. The fourth-order valence-corrected chi connectivity index (χ4v) is 3.25. The number of rotatable bonds is 3. The Bertz CT molecular complexity index is 458. The van der Waals surface area contributed by atoms with E-state index in [1.807, 2.05) is 4.90 Å². The summed E-state index contributed by atoms with van der Waals surface area (Å²) in [5.74, 6) is 0.314. The van der Waals surface area contributed by atoms with E-state index in [4.69, 9.17) is 0 Å². The number of halogens is 2. The van der Waals surface area contributed by atoms with Crippen molar-refractivity contribution in [1.29, 1.82) is 0 Å². The van der Waals surface area contributed by atoms with Gasteiger partial charge >= 0.3 is 0 Å². The van der Waals surface area contributed by atoms with Gasteiger partial charge in [0.15, 0.2) is 0 Å². The van der Waals surface area contributed by atoms with Gasteiger partial charge in [-0.3, -0.25) is 9.69 Å². The van der Waals surface area contributed by atoms with Crippen molar-refractivity contribution in [1.82, 2.24) is 15.1 Å². The van der Waals surface area contributed by atoms with Gasteiger partial charge in [-0.2, -0.15) is 0 Å². The molecule has 1 amide bonds. The Labute approximate surface area is 151 Å². The summed E-state index contributed by atoms with van der Waals surface area (Å²) >= 11 is 0. The minimum absolute atomic E-state index is 0. The van der Waals surface area contributed by atoms with Crippen molar-refractivity contribution in [3.63, 3.8) is 0 Å². The lowest BCUT2D eigenvalue weighted by atomic mass is 10.0. The summed E-state index contributed by atoms with van der Waals surface area (Å²) in [6.07, 6.45) is 3.38. The molecule has 1 aromatic rings. The predicted molar refractivity (Wildman–Crippen MR) is 98.4 cm³/mol. The maximum Gasteiger partial charge on any atom is 0.239 e. The van der Waals surface area contributed by atoms with Crippen molar-refractivity contribution in [3.8, 4) is 0 Å². The van der Waals surface area contributed by atoms with Crippen LogP contribution in [0.15, 0.2) is 30.3 Å². The molecule has 2 aliphatic heterocycles. The van der Waals surface area contributed by atoms with Crippen LogP contribution < -0.4 is 5.32 Å². The molecule has 3 rings (SSSR count). The molecule has 0 radical (unpaired) electrons. The predicted octanol–water partition coefficient (Wildman–Crippen LogP) is 2.32. The summed E-state index contributed by atoms with van der Waals surface area (Å²) in [5.41, 5.74) is 1.35. The molecule has 2 heterocycles. The molecule has 1 aromatic carbocycles. The number of nitrogens with one attached hydrogen (secondary N) is 1. The molecular formula is C17H27Cl2N3O. The van der Waals surface area contributed by atoms with E-state index in [2.05, 4.69) is 40.5 Å². The van der Waals surface area contributed by atoms with Gasteiger partial charge < -0.3 is 10.2 Å². The van der Waals surface area contributed by atoms with Gasteiger partial charge in [0.05, 0.1) is 6.04 Å². The minimum Gasteiger partial charge on any atom is -0.339 e. The second-order valence-electron chi connectivity index (χ2n) is 6.09. The minimum atomic E-state index is 0. The van der Waals surface area contributed by atoms with E-state index in [-0.39, 0.29) is 30.9 Å². The molecule has 0 bridgehead atoms. The second-order valence-corrected chi connectivity index (χ2v) is 6.09. The zero-order chi connectivity index (χ0) is 14.5. The van der Waals surface area contributed by atoms with Gasteiger partial charge in [0, 0.05) is 32.7 Å². The van der Waals surface area contributed by atoms with Gasteiger partial charge in [-0.15, -0.1) is 24.8 Å². The van der Waals surface area contributed by atoms with Crippen molar-refractivity contribution in [2.45, 2.75) is 31.8 Å². The Kier molecular flexibility index (Phi) is 8.92. The zero-order valence-electron chi connectivity index (χ0n) is 13.4. The largest absolute Gasteiger partial charge is 0.339 e. The van der Waals surface area contributed by atoms with Crippen LogP contribution in [0.3, 0.4) is 0 Å². The summed E-state index contributed by atoms with van der Waals surface area (Å²) < 4.78 is 0. The van der Waals surface area contributed by atoms with Crippen molar-refractivity contribution in [2.24, 2.45) is 0 Å². The molecular weight excluding hydrogens is 333 g/mol. The van der Waals surface area contributed by atoms with Crippen LogP contribution in [0.25, 0.3) is 0 Å². The lowest BCUT2D eigenvalue weighted by molar-refractivity contribution is -0.135. The fraction of sp³-hybridized carbons (Fsp3) is 0.588. The Balaban J connectivity index is 0.00000132. The maximum absolute atomic E-state index is 12.5. The third-order valence-electron chi connectivity index (χ3n) is 4.54. The number of amides is 1. The zero-order valence-corrected chi connectivity index (χ0v) is 15.1. The van der Waals surface area contributed by atoms with E-state index in [9.17, 15) is 4.79 Å². The number of hydrogen-bond acceptors (Lipinski definition) is 3. The van der Waals surface area contributed by atoms with Crippen LogP contribution in [0.2, 0.25) is 0 Å². The number of benzene rings is 1. The van der Waals surface area contributed by atoms with Crippen LogP contribution in [0, 0.1) is 0 Å². The molecule has 4 nitrogen and oxygen atoms in total. The lowest BCUT2D eigenvalue weighted by Crippen LogP contribution is -2.54. The highest BCUT2D eigenvalue weighted by atomic mass is 35.5. The SMILES string of the molecule is Cl.Cl.O=C(C1CCCCN1)N1CCN(Cc2ccccc2)CC1. The van der Waals surface area contributed by atoms with E-state index in [1.54, 1.807) is 0 Å². The first kappa shape index (κ1) is 20.2. The Morgan fingerprint density at radius 3 is 2.35 bits per heavy atom. The molecule has 2 fully saturated rings. The van der Waals surface area contributed by atoms with Crippen molar-refractivity contribution in [3.05, 3.63) is 35.9 Å². The summed E-state index contributed by atoms with van der Waals surface area (Å²) in [7, 11) is 0. The van der Waals surface area contributed by atoms with Crippen LogP contribution >= 0.6 is 24.8 Å². The third-order valence-corrected chi connectivity index (χ3v) is 4.54. The van der Waals surface area contributed by atoms with Gasteiger partial charge in [-0.25, -0.2) is 0 Å². The highest BCUT2D eigenvalue weighted by Crippen LogP contribution is 2.13. The molecule has 130 valence electrons. The van der Waals surface area contributed by atoms with E-state index < -0.39 is 0 Å². The second kappa shape index (κ2) is 10.1. The fourth-order valence-electron chi connectivity index (χ4n) is 3.25. The molecule has 6 heteroatoms. The van der Waals surface area contributed by atoms with Crippen LogP contribution in [-0.4, -0.2) is 54.5 Å². The standard InChI is InChI=1S/C17H25N3O.2ClH/c21-17(16-8-4-5-9-18-16)20-12-10-19(11-13-20)14-15-6-2-1-3-7-15;;/h1-3,6-7,16,18H,4-5,8-14H2;2*1H. The van der Waals surface area contributed by atoms with Crippen LogP contribution in [0.5, 0.6) is 0 Å². The average Bonchev–Trinajstić information content (AvgIpc) is 2.57. The normalized spacial score (nSPS) is 21.9. The van der Waals surface area contributed by atoms with Gasteiger partial charge in [-0.1, -0.05) is 36.8 Å². The quantitative estimate of drug-likeness (QED) is 0.899. The average molecular weight is 360 g/mol. The van der Waals surface area contributed by atoms with E-state index >= 15 is 0 Å². The first-order valence-electron chi connectivity index (χ1n) is 8.11. The van der Waals surface area contributed by atoms with E-state index in [0.29, 0.717) is 5.91 Å². The van der Waals surface area contributed by atoms with E-state index in [0.717, 1.165) is 45.7 Å². The molecule has 0 saturated carbocycles. The Morgan fingerprint density at radius 1 is 1.04 bits per heavy atom. The van der Waals surface area contributed by atoms with Crippen LogP contribution in [0.1, 0.15) is 24.8 Å². The van der Waals surface area contributed by atoms with Crippen molar-refractivity contribution >= 4 is 30.7 Å². The van der Waals surface area contributed by atoms with E-state index in [1.165, 1.54) is 18.4 Å².